The number of anilines is 2. The van der Waals surface area contributed by atoms with Crippen LogP contribution in [0.1, 0.15) is 40.0 Å². The highest BCUT2D eigenvalue weighted by Gasteiger charge is 2.17. The van der Waals surface area contributed by atoms with Crippen molar-refractivity contribution in [2.75, 3.05) is 31.4 Å². The maximum Gasteiger partial charge on any atom is 0.162 e. The number of benzene rings is 1. The van der Waals surface area contributed by atoms with Crippen molar-refractivity contribution in [1.29, 1.82) is 0 Å². The van der Waals surface area contributed by atoms with Gasteiger partial charge in [-0.05, 0) is 20.3 Å². The van der Waals surface area contributed by atoms with Crippen LogP contribution in [0.2, 0.25) is 0 Å². The van der Waals surface area contributed by atoms with E-state index in [0.29, 0.717) is 11.8 Å². The van der Waals surface area contributed by atoms with Gasteiger partial charge in [-0.2, -0.15) is 0 Å². The SMILES string of the molecule is CCCCCN(c1cc(OC)c(OC)cc1N)C(C)C. The summed E-state index contributed by atoms with van der Waals surface area (Å²) in [7, 11) is 3.27. The van der Waals surface area contributed by atoms with Gasteiger partial charge in [0.2, 0.25) is 0 Å². The third-order valence-corrected chi connectivity index (χ3v) is 3.47. The summed E-state index contributed by atoms with van der Waals surface area (Å²) >= 11 is 0. The van der Waals surface area contributed by atoms with Crippen molar-refractivity contribution in [1.82, 2.24) is 0 Å². The summed E-state index contributed by atoms with van der Waals surface area (Å²) in [4.78, 5) is 2.33. The molecule has 0 aliphatic heterocycles. The first-order chi connectivity index (χ1) is 9.54. The number of nitrogens with zero attached hydrogens (tertiary/aromatic N) is 1. The van der Waals surface area contributed by atoms with Gasteiger partial charge in [-0.15, -0.1) is 0 Å². The van der Waals surface area contributed by atoms with Crippen molar-refractivity contribution in [3.8, 4) is 11.5 Å². The second-order valence-corrected chi connectivity index (χ2v) is 5.26. The predicted octanol–water partition coefficient (Wildman–Crippen LogP) is 3.69. The average Bonchev–Trinajstić information content (AvgIpc) is 2.43. The van der Waals surface area contributed by atoms with E-state index in [-0.39, 0.29) is 0 Å². The van der Waals surface area contributed by atoms with Gasteiger partial charge in [-0.1, -0.05) is 19.8 Å². The Morgan fingerprint density at radius 1 is 1.10 bits per heavy atom. The van der Waals surface area contributed by atoms with Gasteiger partial charge < -0.3 is 20.1 Å². The van der Waals surface area contributed by atoms with Crippen LogP contribution in [0.15, 0.2) is 12.1 Å². The van der Waals surface area contributed by atoms with Crippen LogP contribution in [0.4, 0.5) is 11.4 Å². The van der Waals surface area contributed by atoms with Crippen LogP contribution in [0.3, 0.4) is 0 Å². The lowest BCUT2D eigenvalue weighted by atomic mass is 10.1. The molecule has 0 unspecified atom stereocenters. The Morgan fingerprint density at radius 3 is 2.20 bits per heavy atom. The minimum atomic E-state index is 0.396. The van der Waals surface area contributed by atoms with Gasteiger partial charge in [0.25, 0.3) is 0 Å². The van der Waals surface area contributed by atoms with E-state index < -0.39 is 0 Å². The molecule has 1 aromatic rings. The van der Waals surface area contributed by atoms with Gasteiger partial charge in [0, 0.05) is 24.7 Å². The monoisotopic (exact) mass is 280 g/mol. The molecular weight excluding hydrogens is 252 g/mol. The molecule has 1 rings (SSSR count). The lowest BCUT2D eigenvalue weighted by Gasteiger charge is -2.30. The molecule has 0 amide bonds. The molecule has 0 spiro atoms. The second-order valence-electron chi connectivity index (χ2n) is 5.26. The molecule has 0 atom stereocenters. The molecular formula is C16H28N2O2. The maximum absolute atomic E-state index is 6.19. The third-order valence-electron chi connectivity index (χ3n) is 3.47. The van der Waals surface area contributed by atoms with Crippen LogP contribution >= 0.6 is 0 Å². The fourth-order valence-electron chi connectivity index (χ4n) is 2.32. The number of nitrogen functional groups attached to an aromatic ring is 1. The number of unbranched alkanes of at least 4 members (excludes halogenated alkanes) is 2. The highest BCUT2D eigenvalue weighted by atomic mass is 16.5. The number of methoxy groups -OCH3 is 2. The lowest BCUT2D eigenvalue weighted by Crippen LogP contribution is -2.32. The molecule has 0 bridgehead atoms. The van der Waals surface area contributed by atoms with Crippen molar-refractivity contribution in [3.63, 3.8) is 0 Å². The Balaban J connectivity index is 3.06. The molecule has 0 heterocycles. The highest BCUT2D eigenvalue weighted by Crippen LogP contribution is 2.37. The second kappa shape index (κ2) is 7.88. The van der Waals surface area contributed by atoms with Crippen LogP contribution in [0.5, 0.6) is 11.5 Å². The fraction of sp³-hybridized carbons (Fsp3) is 0.625. The average molecular weight is 280 g/mol. The molecule has 0 saturated heterocycles. The van der Waals surface area contributed by atoms with Gasteiger partial charge in [0.1, 0.15) is 0 Å². The Labute approximate surface area is 122 Å². The summed E-state index contributed by atoms with van der Waals surface area (Å²) in [6.45, 7) is 7.58. The summed E-state index contributed by atoms with van der Waals surface area (Å²) < 4.78 is 10.7. The van der Waals surface area contributed by atoms with Crippen LogP contribution in [0.25, 0.3) is 0 Å². The standard InChI is InChI=1S/C16H28N2O2/c1-6-7-8-9-18(12(2)3)14-11-16(20-5)15(19-4)10-13(14)17/h10-12H,6-9,17H2,1-5H3. The molecule has 4 nitrogen and oxygen atoms in total. The van der Waals surface area contributed by atoms with Crippen molar-refractivity contribution in [3.05, 3.63) is 12.1 Å². The van der Waals surface area contributed by atoms with E-state index in [9.17, 15) is 0 Å². The van der Waals surface area contributed by atoms with E-state index in [1.807, 2.05) is 12.1 Å². The normalized spacial score (nSPS) is 10.7. The van der Waals surface area contributed by atoms with Gasteiger partial charge >= 0.3 is 0 Å². The third kappa shape index (κ3) is 3.95. The van der Waals surface area contributed by atoms with Gasteiger partial charge in [0.15, 0.2) is 11.5 Å². The topological polar surface area (TPSA) is 47.7 Å². The van der Waals surface area contributed by atoms with Crippen LogP contribution < -0.4 is 20.1 Å². The van der Waals surface area contributed by atoms with Crippen LogP contribution in [-0.4, -0.2) is 26.8 Å². The Morgan fingerprint density at radius 2 is 1.70 bits per heavy atom. The molecule has 1 aromatic carbocycles. The number of hydrogen-bond donors (Lipinski definition) is 1. The van der Waals surface area contributed by atoms with Crippen LogP contribution in [-0.2, 0) is 0 Å². The number of nitrogens with two attached hydrogens (primary N) is 1. The van der Waals surface area contributed by atoms with Gasteiger partial charge in [-0.25, -0.2) is 0 Å². The minimum Gasteiger partial charge on any atom is -0.493 e. The lowest BCUT2D eigenvalue weighted by molar-refractivity contribution is 0.355. The van der Waals surface area contributed by atoms with E-state index in [0.717, 1.165) is 23.7 Å². The molecule has 0 aliphatic carbocycles. The molecule has 0 fully saturated rings. The number of hydrogen-bond acceptors (Lipinski definition) is 4. The van der Waals surface area contributed by atoms with Crippen molar-refractivity contribution >= 4 is 11.4 Å². The predicted molar refractivity (Wildman–Crippen MR) is 86.0 cm³/mol. The molecule has 0 saturated carbocycles. The zero-order valence-electron chi connectivity index (χ0n) is 13.4. The summed E-state index contributed by atoms with van der Waals surface area (Å²) in [5, 5.41) is 0. The molecule has 2 N–H and O–H groups in total. The maximum atomic E-state index is 6.19. The Bertz CT molecular complexity index is 419. The van der Waals surface area contributed by atoms with E-state index in [1.54, 1.807) is 14.2 Å². The zero-order chi connectivity index (χ0) is 15.1. The van der Waals surface area contributed by atoms with Gasteiger partial charge in [0.05, 0.1) is 25.6 Å². The fourth-order valence-corrected chi connectivity index (χ4v) is 2.32. The summed E-state index contributed by atoms with van der Waals surface area (Å²) in [5.74, 6) is 1.39. The van der Waals surface area contributed by atoms with E-state index in [4.69, 9.17) is 15.2 Å². The number of rotatable bonds is 8. The van der Waals surface area contributed by atoms with Crippen molar-refractivity contribution in [2.24, 2.45) is 0 Å². The Hall–Kier alpha value is -1.58. The molecule has 20 heavy (non-hydrogen) atoms. The molecule has 114 valence electrons. The molecule has 0 aromatic heterocycles. The quantitative estimate of drug-likeness (QED) is 0.583. The van der Waals surface area contributed by atoms with Crippen molar-refractivity contribution in [2.45, 2.75) is 46.1 Å². The summed E-state index contributed by atoms with van der Waals surface area (Å²) in [6.07, 6.45) is 3.62. The van der Waals surface area contributed by atoms with Gasteiger partial charge in [-0.3, -0.25) is 0 Å². The molecule has 4 heteroatoms. The van der Waals surface area contributed by atoms with Crippen molar-refractivity contribution < 1.29 is 9.47 Å². The van der Waals surface area contributed by atoms with E-state index in [1.165, 1.54) is 19.3 Å². The van der Waals surface area contributed by atoms with Crippen LogP contribution in [0, 0.1) is 0 Å². The zero-order valence-corrected chi connectivity index (χ0v) is 13.4. The molecule has 0 aliphatic rings. The first-order valence-corrected chi connectivity index (χ1v) is 7.33. The summed E-state index contributed by atoms with van der Waals surface area (Å²) in [6, 6.07) is 4.20. The minimum absolute atomic E-state index is 0.396. The van der Waals surface area contributed by atoms with E-state index >= 15 is 0 Å². The summed E-state index contributed by atoms with van der Waals surface area (Å²) in [5.41, 5.74) is 7.94. The first-order valence-electron chi connectivity index (χ1n) is 7.33. The first kappa shape index (κ1) is 16.5. The molecule has 0 radical (unpaired) electrons. The number of ether oxygens (including phenoxy) is 2. The largest absolute Gasteiger partial charge is 0.493 e. The Kier molecular flexibility index (Phi) is 6.49. The smallest absolute Gasteiger partial charge is 0.162 e. The van der Waals surface area contributed by atoms with E-state index in [2.05, 4.69) is 25.7 Å². The highest BCUT2D eigenvalue weighted by molar-refractivity contribution is 5.73.